The van der Waals surface area contributed by atoms with Gasteiger partial charge in [0, 0.05) is 11.8 Å². The van der Waals surface area contributed by atoms with Gasteiger partial charge >= 0.3 is 0 Å². The van der Waals surface area contributed by atoms with Crippen molar-refractivity contribution in [1.82, 2.24) is 0 Å². The van der Waals surface area contributed by atoms with Crippen molar-refractivity contribution < 1.29 is 0 Å². The molecule has 0 radical (unpaired) electrons. The molecule has 0 heteroatoms. The van der Waals surface area contributed by atoms with Crippen LogP contribution in [-0.2, 0) is 0 Å². The average Bonchev–Trinajstić information content (AvgIpc) is 3.22. The fourth-order valence-electron chi connectivity index (χ4n) is 4.66. The quantitative estimate of drug-likeness (QED) is 0.764. The highest BCUT2D eigenvalue weighted by molar-refractivity contribution is 5.80. The fourth-order valence-corrected chi connectivity index (χ4v) is 4.66. The highest BCUT2D eigenvalue weighted by Crippen LogP contribution is 2.36. The molecule has 25 heavy (non-hydrogen) atoms. The van der Waals surface area contributed by atoms with Crippen molar-refractivity contribution in [3.05, 3.63) is 107 Å². The Morgan fingerprint density at radius 3 is 2.44 bits per heavy atom. The van der Waals surface area contributed by atoms with Crippen LogP contribution < -0.4 is 10.4 Å². The van der Waals surface area contributed by atoms with E-state index in [4.69, 9.17) is 0 Å². The Bertz CT molecular complexity index is 1020. The third-order valence-electron chi connectivity index (χ3n) is 5.85. The first-order valence-electron chi connectivity index (χ1n) is 9.34. The number of fused-ring (bicyclic) bond motifs is 3. The molecule has 4 aliphatic rings. The monoisotopic (exact) mass is 322 g/mol. The van der Waals surface area contributed by atoms with Crippen LogP contribution in [0.4, 0.5) is 0 Å². The SMILES string of the molecule is C1=CC2=CC=C(CCCC3=c4ccccc4=C4C=CC=CC43)C2C=C1. The van der Waals surface area contributed by atoms with E-state index in [1.54, 1.807) is 11.1 Å². The maximum absolute atomic E-state index is 2.37. The molecular weight excluding hydrogens is 300 g/mol. The molecule has 0 heterocycles. The van der Waals surface area contributed by atoms with Crippen LogP contribution >= 0.6 is 0 Å². The van der Waals surface area contributed by atoms with Crippen molar-refractivity contribution in [3.8, 4) is 0 Å². The minimum atomic E-state index is 0.492. The molecule has 0 amide bonds. The van der Waals surface area contributed by atoms with Crippen LogP contribution in [0.15, 0.2) is 96.2 Å². The highest BCUT2D eigenvalue weighted by atomic mass is 14.3. The van der Waals surface area contributed by atoms with Gasteiger partial charge in [-0.3, -0.25) is 0 Å². The maximum atomic E-state index is 2.37. The van der Waals surface area contributed by atoms with E-state index in [-0.39, 0.29) is 0 Å². The molecule has 0 aromatic heterocycles. The van der Waals surface area contributed by atoms with Crippen LogP contribution in [0.2, 0.25) is 0 Å². The van der Waals surface area contributed by atoms with Crippen LogP contribution in [0.5, 0.6) is 0 Å². The highest BCUT2D eigenvalue weighted by Gasteiger charge is 2.24. The molecule has 122 valence electrons. The molecule has 5 rings (SSSR count). The lowest BCUT2D eigenvalue weighted by Gasteiger charge is -2.18. The van der Waals surface area contributed by atoms with Gasteiger partial charge in [-0.1, -0.05) is 96.2 Å². The zero-order chi connectivity index (χ0) is 16.6. The van der Waals surface area contributed by atoms with E-state index in [1.807, 2.05) is 0 Å². The average molecular weight is 322 g/mol. The van der Waals surface area contributed by atoms with E-state index in [2.05, 4.69) is 85.0 Å². The van der Waals surface area contributed by atoms with E-state index in [0.29, 0.717) is 11.8 Å². The van der Waals surface area contributed by atoms with Crippen molar-refractivity contribution in [3.63, 3.8) is 0 Å². The second-order valence-corrected chi connectivity index (χ2v) is 7.23. The number of benzene rings is 1. The molecule has 0 fully saturated rings. The summed E-state index contributed by atoms with van der Waals surface area (Å²) >= 11 is 0. The van der Waals surface area contributed by atoms with E-state index in [9.17, 15) is 0 Å². The normalized spacial score (nSPS) is 25.0. The lowest BCUT2D eigenvalue weighted by atomic mass is 9.86. The van der Waals surface area contributed by atoms with Gasteiger partial charge in [-0.2, -0.15) is 0 Å². The maximum Gasteiger partial charge on any atom is 0.0246 e. The molecule has 2 unspecified atom stereocenters. The first-order chi connectivity index (χ1) is 12.4. The van der Waals surface area contributed by atoms with E-state index in [1.165, 1.54) is 40.8 Å². The van der Waals surface area contributed by atoms with Gasteiger partial charge in [-0.15, -0.1) is 0 Å². The van der Waals surface area contributed by atoms with Crippen LogP contribution in [0.25, 0.3) is 11.1 Å². The molecular formula is C25H22. The summed E-state index contributed by atoms with van der Waals surface area (Å²) < 4.78 is 0. The standard InChI is InChI=1S/C25H22/c1-2-10-20-18(8-1)16-17-19(20)9-7-15-25-23-13-5-3-11-21(23)22-12-4-6-14-24(22)25/h1-6,8,10-14,16-17,20,23H,7,9,15H2. The molecule has 0 aliphatic heterocycles. The third-order valence-corrected chi connectivity index (χ3v) is 5.85. The van der Waals surface area contributed by atoms with Gasteiger partial charge in [0.2, 0.25) is 0 Å². The summed E-state index contributed by atoms with van der Waals surface area (Å²) in [7, 11) is 0. The van der Waals surface area contributed by atoms with Crippen molar-refractivity contribution in [2.45, 2.75) is 19.3 Å². The second-order valence-electron chi connectivity index (χ2n) is 7.23. The summed E-state index contributed by atoms with van der Waals surface area (Å²) in [5.74, 6) is 1.02. The molecule has 0 saturated carbocycles. The number of hydrogen-bond acceptors (Lipinski definition) is 0. The van der Waals surface area contributed by atoms with Crippen LogP contribution in [0.1, 0.15) is 19.3 Å². The smallest absolute Gasteiger partial charge is 0.0246 e. The van der Waals surface area contributed by atoms with Crippen molar-refractivity contribution in [2.24, 2.45) is 11.8 Å². The Hall–Kier alpha value is -2.60. The van der Waals surface area contributed by atoms with Gasteiger partial charge in [0.25, 0.3) is 0 Å². The number of allylic oxidation sites excluding steroid dienone is 12. The van der Waals surface area contributed by atoms with E-state index in [0.717, 1.165) is 0 Å². The third kappa shape index (κ3) is 2.44. The van der Waals surface area contributed by atoms with Crippen LogP contribution in [0.3, 0.4) is 0 Å². The molecule has 2 atom stereocenters. The minimum Gasteiger partial charge on any atom is -0.0730 e. The predicted molar refractivity (Wildman–Crippen MR) is 106 cm³/mol. The zero-order valence-corrected chi connectivity index (χ0v) is 14.4. The van der Waals surface area contributed by atoms with Gasteiger partial charge in [-0.25, -0.2) is 0 Å². The Morgan fingerprint density at radius 2 is 1.52 bits per heavy atom. The van der Waals surface area contributed by atoms with Gasteiger partial charge in [0.05, 0.1) is 0 Å². The lowest BCUT2D eigenvalue weighted by Crippen LogP contribution is -2.23. The first kappa shape index (κ1) is 14.7. The van der Waals surface area contributed by atoms with Gasteiger partial charge < -0.3 is 0 Å². The summed E-state index contributed by atoms with van der Waals surface area (Å²) in [6.07, 6.45) is 26.2. The number of rotatable bonds is 4. The topological polar surface area (TPSA) is 0 Å². The Labute approximate surface area is 149 Å². The lowest BCUT2D eigenvalue weighted by molar-refractivity contribution is 0.760. The van der Waals surface area contributed by atoms with Crippen LogP contribution in [0, 0.1) is 11.8 Å². The zero-order valence-electron chi connectivity index (χ0n) is 14.4. The van der Waals surface area contributed by atoms with Gasteiger partial charge in [-0.05, 0) is 40.8 Å². The summed E-state index contributed by atoms with van der Waals surface area (Å²) in [6, 6.07) is 8.93. The Balaban J connectivity index is 1.36. The molecule has 0 N–H and O–H groups in total. The molecule has 0 saturated heterocycles. The molecule has 0 bridgehead atoms. The van der Waals surface area contributed by atoms with Crippen LogP contribution in [-0.4, -0.2) is 0 Å². The predicted octanol–water partition coefficient (Wildman–Crippen LogP) is 4.52. The summed E-state index contributed by atoms with van der Waals surface area (Å²) in [5, 5.41) is 2.91. The van der Waals surface area contributed by atoms with Crippen molar-refractivity contribution >= 4 is 11.1 Å². The van der Waals surface area contributed by atoms with Gasteiger partial charge in [0.15, 0.2) is 0 Å². The summed E-state index contributed by atoms with van der Waals surface area (Å²) in [6.45, 7) is 0. The molecule has 1 aromatic rings. The van der Waals surface area contributed by atoms with Gasteiger partial charge in [0.1, 0.15) is 0 Å². The van der Waals surface area contributed by atoms with E-state index >= 15 is 0 Å². The summed E-state index contributed by atoms with van der Waals surface area (Å²) in [4.78, 5) is 0. The van der Waals surface area contributed by atoms with Crippen molar-refractivity contribution in [1.29, 1.82) is 0 Å². The first-order valence-corrected chi connectivity index (χ1v) is 9.34. The molecule has 4 aliphatic carbocycles. The molecule has 0 spiro atoms. The fraction of sp³-hybridized carbons (Fsp3) is 0.200. The minimum absolute atomic E-state index is 0.492. The Morgan fingerprint density at radius 1 is 0.720 bits per heavy atom. The summed E-state index contributed by atoms with van der Waals surface area (Å²) in [5.41, 5.74) is 6.12. The Kier molecular flexibility index (Phi) is 3.56. The van der Waals surface area contributed by atoms with Crippen molar-refractivity contribution in [2.75, 3.05) is 0 Å². The largest absolute Gasteiger partial charge is 0.0730 e. The number of hydrogen-bond donors (Lipinski definition) is 0. The second kappa shape index (κ2) is 6.04. The molecule has 1 aromatic carbocycles. The molecule has 0 nitrogen and oxygen atoms in total. The van der Waals surface area contributed by atoms with E-state index < -0.39 is 0 Å².